The van der Waals surface area contributed by atoms with Crippen molar-refractivity contribution in [3.8, 4) is 0 Å². The number of carbonyl (C=O) groups is 1. The smallest absolute Gasteiger partial charge is 0.252 e. The van der Waals surface area contributed by atoms with Gasteiger partial charge in [0.1, 0.15) is 0 Å². The van der Waals surface area contributed by atoms with Crippen LogP contribution in [-0.2, 0) is 11.2 Å². The Morgan fingerprint density at radius 2 is 1.87 bits per heavy atom. The number of hydrogen-bond acceptors (Lipinski definition) is 3. The number of carbonyl (C=O) groups excluding carboxylic acids is 1. The van der Waals surface area contributed by atoms with Crippen LogP contribution in [0, 0.1) is 5.21 Å². The second-order valence-corrected chi connectivity index (χ2v) is 6.92. The fourth-order valence-electron chi connectivity index (χ4n) is 2.20. The van der Waals surface area contributed by atoms with Crippen LogP contribution in [0.3, 0.4) is 0 Å². The Morgan fingerprint density at radius 1 is 1.17 bits per heavy atom. The topological polar surface area (TPSA) is 56.0 Å². The molecule has 0 unspecified atom stereocenters. The Kier molecular flexibility index (Phi) is 6.47. The van der Waals surface area contributed by atoms with Crippen molar-refractivity contribution in [1.82, 2.24) is 5.32 Å². The van der Waals surface area contributed by atoms with Gasteiger partial charge in [-0.3, -0.25) is 4.79 Å². The van der Waals surface area contributed by atoms with Gasteiger partial charge in [-0.05, 0) is 50.1 Å². The zero-order valence-electron chi connectivity index (χ0n) is 13.4. The molecule has 0 spiro atoms. The number of aromatic nitrogens is 1. The van der Waals surface area contributed by atoms with Gasteiger partial charge in [-0.1, -0.05) is 30.3 Å². The Hall–Kier alpha value is -2.01. The van der Waals surface area contributed by atoms with Crippen LogP contribution < -0.4 is 10.0 Å². The average Bonchev–Trinajstić information content (AvgIpc) is 2.56. The maximum atomic E-state index is 12.2. The van der Waals surface area contributed by atoms with E-state index in [9.17, 15) is 10.0 Å². The Bertz CT molecular complexity index is 634. The van der Waals surface area contributed by atoms with E-state index in [1.54, 1.807) is 18.2 Å². The van der Waals surface area contributed by atoms with Crippen molar-refractivity contribution in [2.24, 2.45) is 0 Å². The van der Waals surface area contributed by atoms with E-state index in [4.69, 9.17) is 0 Å². The summed E-state index contributed by atoms with van der Waals surface area (Å²) in [5.41, 5.74) is 1.27. The first kappa shape index (κ1) is 17.3. The summed E-state index contributed by atoms with van der Waals surface area (Å²) in [6.07, 6.45) is 3.26. The highest BCUT2D eigenvalue weighted by atomic mass is 32.2. The van der Waals surface area contributed by atoms with Gasteiger partial charge in [0.15, 0.2) is 6.20 Å². The maximum absolute atomic E-state index is 12.2. The van der Waals surface area contributed by atoms with Gasteiger partial charge >= 0.3 is 0 Å². The molecule has 2 rings (SSSR count). The van der Waals surface area contributed by atoms with Crippen LogP contribution in [0.2, 0.25) is 0 Å². The second kappa shape index (κ2) is 8.58. The van der Waals surface area contributed by atoms with Gasteiger partial charge in [0.25, 0.3) is 5.03 Å². The van der Waals surface area contributed by atoms with E-state index in [2.05, 4.69) is 17.4 Å². The highest BCUT2D eigenvalue weighted by Crippen LogP contribution is 2.19. The summed E-state index contributed by atoms with van der Waals surface area (Å²) in [6, 6.07) is 15.5. The first-order valence-electron chi connectivity index (χ1n) is 7.75. The molecule has 2 atom stereocenters. The standard InChI is InChI=1S/C18H22N2O2S/c1-14(11-12-16-8-4-3-5-9-16)19-18(21)15(2)23-17-10-6-7-13-20(17)22/h3-10,13-15H,11-12H2,1-2H3,(H,19,21)/t14-,15+/m1/s1. The molecule has 2 aromatic rings. The summed E-state index contributed by atoms with van der Waals surface area (Å²) in [4.78, 5) is 12.2. The molecule has 4 nitrogen and oxygen atoms in total. The van der Waals surface area contributed by atoms with Crippen LogP contribution in [0.1, 0.15) is 25.8 Å². The van der Waals surface area contributed by atoms with Gasteiger partial charge in [0.2, 0.25) is 5.91 Å². The Labute approximate surface area is 141 Å². The van der Waals surface area contributed by atoms with Gasteiger partial charge in [-0.15, -0.1) is 0 Å². The molecular formula is C18H22N2O2S. The number of nitrogens with one attached hydrogen (secondary N) is 1. The van der Waals surface area contributed by atoms with Crippen LogP contribution in [0.5, 0.6) is 0 Å². The molecule has 23 heavy (non-hydrogen) atoms. The lowest BCUT2D eigenvalue weighted by Crippen LogP contribution is -2.38. The van der Waals surface area contributed by atoms with Gasteiger partial charge in [-0.2, -0.15) is 4.73 Å². The molecule has 0 aliphatic carbocycles. The summed E-state index contributed by atoms with van der Waals surface area (Å²) < 4.78 is 0.785. The Morgan fingerprint density at radius 3 is 2.57 bits per heavy atom. The zero-order chi connectivity index (χ0) is 16.7. The third kappa shape index (κ3) is 5.60. The predicted molar refractivity (Wildman–Crippen MR) is 93.1 cm³/mol. The number of aryl methyl sites for hydroxylation is 1. The van der Waals surface area contributed by atoms with Crippen LogP contribution in [-0.4, -0.2) is 17.2 Å². The molecule has 0 aliphatic rings. The molecule has 1 aromatic carbocycles. The number of rotatable bonds is 7. The lowest BCUT2D eigenvalue weighted by molar-refractivity contribution is -0.645. The zero-order valence-corrected chi connectivity index (χ0v) is 14.3. The molecule has 0 aliphatic heterocycles. The van der Waals surface area contributed by atoms with Crippen molar-refractivity contribution >= 4 is 17.7 Å². The first-order chi connectivity index (χ1) is 11.1. The quantitative estimate of drug-likeness (QED) is 0.482. The molecular weight excluding hydrogens is 308 g/mol. The summed E-state index contributed by atoms with van der Waals surface area (Å²) in [6.45, 7) is 3.82. The van der Waals surface area contributed by atoms with E-state index in [0.29, 0.717) is 5.03 Å². The Balaban J connectivity index is 1.80. The van der Waals surface area contributed by atoms with E-state index in [-0.39, 0.29) is 17.2 Å². The molecule has 0 bridgehead atoms. The number of hydrogen-bond donors (Lipinski definition) is 1. The minimum atomic E-state index is -0.309. The summed E-state index contributed by atoms with van der Waals surface area (Å²) in [7, 11) is 0. The van der Waals surface area contributed by atoms with Gasteiger partial charge < -0.3 is 10.5 Å². The van der Waals surface area contributed by atoms with Crippen molar-refractivity contribution in [2.45, 2.75) is 43.0 Å². The van der Waals surface area contributed by atoms with Crippen LogP contribution in [0.4, 0.5) is 0 Å². The molecule has 1 N–H and O–H groups in total. The molecule has 1 aromatic heterocycles. The van der Waals surface area contributed by atoms with Gasteiger partial charge in [0, 0.05) is 18.2 Å². The number of thioether (sulfide) groups is 1. The number of amides is 1. The third-order valence-electron chi connectivity index (χ3n) is 3.55. The van der Waals surface area contributed by atoms with E-state index >= 15 is 0 Å². The average molecular weight is 330 g/mol. The number of pyridine rings is 1. The molecule has 0 fully saturated rings. The van der Waals surface area contributed by atoms with Crippen molar-refractivity contribution in [3.05, 3.63) is 65.5 Å². The first-order valence-corrected chi connectivity index (χ1v) is 8.63. The normalized spacial score (nSPS) is 13.3. The minimum Gasteiger partial charge on any atom is -0.618 e. The lowest BCUT2D eigenvalue weighted by Gasteiger charge is -2.17. The molecule has 1 amide bonds. The monoisotopic (exact) mass is 330 g/mol. The molecule has 0 saturated carbocycles. The number of nitrogens with zero attached hydrogens (tertiary/aromatic N) is 1. The van der Waals surface area contributed by atoms with E-state index in [1.807, 2.05) is 32.0 Å². The highest BCUT2D eigenvalue weighted by Gasteiger charge is 2.19. The van der Waals surface area contributed by atoms with Crippen molar-refractivity contribution in [1.29, 1.82) is 0 Å². The molecule has 5 heteroatoms. The van der Waals surface area contributed by atoms with E-state index in [0.717, 1.165) is 17.6 Å². The van der Waals surface area contributed by atoms with E-state index < -0.39 is 0 Å². The molecule has 0 saturated heterocycles. The summed E-state index contributed by atoms with van der Waals surface area (Å²) in [5.74, 6) is -0.0422. The van der Waals surface area contributed by atoms with Crippen molar-refractivity contribution < 1.29 is 9.52 Å². The van der Waals surface area contributed by atoms with Crippen molar-refractivity contribution in [2.75, 3.05) is 0 Å². The highest BCUT2D eigenvalue weighted by molar-refractivity contribution is 8.00. The van der Waals surface area contributed by atoms with Crippen LogP contribution in [0.15, 0.2) is 59.8 Å². The summed E-state index contributed by atoms with van der Waals surface area (Å²) >= 11 is 1.27. The predicted octanol–water partition coefficient (Wildman–Crippen LogP) is 2.94. The number of benzene rings is 1. The molecule has 122 valence electrons. The van der Waals surface area contributed by atoms with Crippen LogP contribution >= 0.6 is 11.8 Å². The van der Waals surface area contributed by atoms with Gasteiger partial charge in [0.05, 0.1) is 5.25 Å². The third-order valence-corrected chi connectivity index (χ3v) is 4.68. The van der Waals surface area contributed by atoms with Gasteiger partial charge in [-0.25, -0.2) is 0 Å². The minimum absolute atomic E-state index is 0.0422. The molecule has 0 radical (unpaired) electrons. The van der Waals surface area contributed by atoms with E-state index in [1.165, 1.54) is 23.5 Å². The maximum Gasteiger partial charge on any atom is 0.252 e. The SMILES string of the molecule is C[C@H](CCc1ccccc1)NC(=O)[C@H](C)Sc1cccc[n+]1[O-]. The fourth-order valence-corrected chi connectivity index (χ4v) is 3.06. The van der Waals surface area contributed by atoms with Crippen molar-refractivity contribution in [3.63, 3.8) is 0 Å². The van der Waals surface area contributed by atoms with Crippen LogP contribution in [0.25, 0.3) is 0 Å². The largest absolute Gasteiger partial charge is 0.618 e. The lowest BCUT2D eigenvalue weighted by atomic mass is 10.1. The second-order valence-electron chi connectivity index (χ2n) is 5.56. The fraction of sp³-hybridized carbons (Fsp3) is 0.333. The molecule has 1 heterocycles. The summed E-state index contributed by atoms with van der Waals surface area (Å²) in [5, 5.41) is 14.9.